The molecule has 0 bridgehead atoms. The first kappa shape index (κ1) is 21.5. The maximum absolute atomic E-state index is 12.0. The van der Waals surface area contributed by atoms with Crippen molar-refractivity contribution in [1.29, 1.82) is 0 Å². The number of esters is 1. The molecule has 0 aliphatic rings. The number of ether oxygens (including phenoxy) is 1. The van der Waals surface area contributed by atoms with E-state index in [-0.39, 0.29) is 30.3 Å². The molecule has 3 N–H and O–H groups in total. The quantitative estimate of drug-likeness (QED) is 0.311. The molecule has 6 nitrogen and oxygen atoms in total. The minimum Gasteiger partial charge on any atom is -1.00 e. The molecule has 2 rings (SSSR count). The van der Waals surface area contributed by atoms with Gasteiger partial charge in [-0.15, -0.1) is 0 Å². The molecule has 0 heterocycles. The Morgan fingerprint density at radius 2 is 1.81 bits per heavy atom. The van der Waals surface area contributed by atoms with E-state index >= 15 is 0 Å². The molecule has 1 atom stereocenters. The minimum absolute atomic E-state index is 0. The van der Waals surface area contributed by atoms with Gasteiger partial charge in [-0.1, -0.05) is 6.07 Å². The molecule has 0 spiro atoms. The third-order valence-electron chi connectivity index (χ3n) is 3.83. The number of nitrogens with zero attached hydrogens (tertiary/aromatic N) is 1. The average molecular weight is 379 g/mol. The van der Waals surface area contributed by atoms with Gasteiger partial charge in [0.05, 0.1) is 21.2 Å². The molecule has 2 aromatic carbocycles. The van der Waals surface area contributed by atoms with Crippen molar-refractivity contribution in [3.05, 3.63) is 53.6 Å². The number of rotatable bonds is 6. The predicted octanol–water partition coefficient (Wildman–Crippen LogP) is -1.92. The second-order valence-corrected chi connectivity index (χ2v) is 5.97. The summed E-state index contributed by atoms with van der Waals surface area (Å²) < 4.78 is 4.81. The summed E-state index contributed by atoms with van der Waals surface area (Å²) in [6.07, 6.45) is 1.90. The Bertz CT molecular complexity index is 761. The summed E-state index contributed by atoms with van der Waals surface area (Å²) in [7, 11) is 5.40. The summed E-state index contributed by atoms with van der Waals surface area (Å²) in [6.45, 7) is 0. The number of hydrogen-bond donors (Lipinski definition) is 3. The number of nitrogens with one attached hydrogen (secondary N) is 1. The third-order valence-corrected chi connectivity index (χ3v) is 3.83. The third kappa shape index (κ3) is 5.75. The van der Waals surface area contributed by atoms with Crippen molar-refractivity contribution < 1.29 is 37.1 Å². The zero-order chi connectivity index (χ0) is 18.4. The number of phenols is 2. The number of hydrogen-bond acceptors (Lipinski definition) is 5. The van der Waals surface area contributed by atoms with Crippen molar-refractivity contribution in [1.82, 2.24) is 0 Å². The highest BCUT2D eigenvalue weighted by Gasteiger charge is 2.18. The van der Waals surface area contributed by atoms with E-state index in [1.807, 2.05) is 38.4 Å². The van der Waals surface area contributed by atoms with Crippen LogP contribution in [0.25, 0.3) is 0 Å². The van der Waals surface area contributed by atoms with Crippen LogP contribution in [0.2, 0.25) is 0 Å². The van der Waals surface area contributed by atoms with E-state index in [1.165, 1.54) is 24.1 Å². The standard InChI is InChI=1S/C19H22N2O4.ClH/c1-21(2)15-7-4-13(5-8-15)12-20-16(19(24)25-3)10-14-6-9-17(22)18(23)11-14;/h4-9,11-12,16,22-23H,10H2,1-3H3;1H. The second-order valence-electron chi connectivity index (χ2n) is 5.97. The Kier molecular flexibility index (Phi) is 8.09. The van der Waals surface area contributed by atoms with E-state index in [1.54, 1.807) is 12.3 Å². The summed E-state index contributed by atoms with van der Waals surface area (Å²) in [5.74, 6) is -0.893. The molecule has 0 amide bonds. The van der Waals surface area contributed by atoms with E-state index in [4.69, 9.17) is 4.74 Å². The maximum Gasteiger partial charge on any atom is 0.330 e. The lowest BCUT2D eigenvalue weighted by Crippen LogP contribution is -3.00. The molecule has 0 saturated heterocycles. The largest absolute Gasteiger partial charge is 1.00 e. The number of benzene rings is 2. The first-order valence-electron chi connectivity index (χ1n) is 7.93. The van der Waals surface area contributed by atoms with Crippen LogP contribution in [0, 0.1) is 0 Å². The smallest absolute Gasteiger partial charge is 0.330 e. The van der Waals surface area contributed by atoms with Crippen LogP contribution in [0.4, 0.5) is 5.69 Å². The molecule has 2 aromatic rings. The number of carbonyl (C=O) groups is 1. The normalized spacial score (nSPS) is 12.0. The van der Waals surface area contributed by atoms with Crippen LogP contribution in [0.15, 0.2) is 47.5 Å². The number of aliphatic imine (C=N–C) groups is 1. The van der Waals surface area contributed by atoms with Crippen molar-refractivity contribution in [3.63, 3.8) is 0 Å². The van der Waals surface area contributed by atoms with E-state index in [9.17, 15) is 15.0 Å². The summed E-state index contributed by atoms with van der Waals surface area (Å²) in [5, 5.41) is 19.0. The lowest BCUT2D eigenvalue weighted by Gasteiger charge is -2.11. The number of phenolic OH excluding ortho intramolecular Hbond substituents is 2. The lowest BCUT2D eigenvalue weighted by molar-refractivity contribution is -0.786. The highest BCUT2D eigenvalue weighted by molar-refractivity contribution is 5.84. The molecule has 0 saturated carbocycles. The van der Waals surface area contributed by atoms with E-state index in [0.717, 1.165) is 11.3 Å². The fraction of sp³-hybridized carbons (Fsp3) is 0.263. The molecular weight excluding hydrogens is 356 g/mol. The highest BCUT2D eigenvalue weighted by Crippen LogP contribution is 2.25. The monoisotopic (exact) mass is 378 g/mol. The van der Waals surface area contributed by atoms with Gasteiger partial charge in [0, 0.05) is 12.6 Å². The van der Waals surface area contributed by atoms with Crippen LogP contribution in [0.1, 0.15) is 11.1 Å². The van der Waals surface area contributed by atoms with Crippen molar-refractivity contribution in [3.8, 4) is 11.5 Å². The molecule has 26 heavy (non-hydrogen) atoms. The molecule has 1 unspecified atom stereocenters. The summed E-state index contributed by atoms with van der Waals surface area (Å²) >= 11 is 0. The Balaban J connectivity index is 0.00000338. The summed E-state index contributed by atoms with van der Waals surface area (Å²) in [6, 6.07) is 11.6. The van der Waals surface area contributed by atoms with Crippen LogP contribution in [-0.2, 0) is 16.0 Å². The topological polar surface area (TPSA) is 83.6 Å². The van der Waals surface area contributed by atoms with Gasteiger partial charge in [-0.3, -0.25) is 4.99 Å². The van der Waals surface area contributed by atoms with Crippen LogP contribution >= 0.6 is 0 Å². The molecule has 0 aliphatic heterocycles. The second kappa shape index (κ2) is 9.79. The van der Waals surface area contributed by atoms with Crippen LogP contribution in [0.3, 0.4) is 0 Å². The first-order chi connectivity index (χ1) is 11.9. The van der Waals surface area contributed by atoms with Crippen LogP contribution in [-0.4, -0.2) is 49.6 Å². The van der Waals surface area contributed by atoms with Crippen molar-refractivity contribution in [2.45, 2.75) is 12.5 Å². The van der Waals surface area contributed by atoms with Gasteiger partial charge in [-0.2, -0.15) is 0 Å². The van der Waals surface area contributed by atoms with E-state index in [2.05, 4.69) is 4.99 Å². The number of methoxy groups -OCH3 is 1. The fourth-order valence-electron chi connectivity index (χ4n) is 2.33. The summed E-state index contributed by atoms with van der Waals surface area (Å²) in [4.78, 5) is 17.5. The fourth-order valence-corrected chi connectivity index (χ4v) is 2.33. The van der Waals surface area contributed by atoms with Crippen molar-refractivity contribution in [2.24, 2.45) is 4.99 Å². The van der Waals surface area contributed by atoms with Gasteiger partial charge in [0.15, 0.2) is 17.5 Å². The average Bonchev–Trinajstić information content (AvgIpc) is 2.61. The minimum atomic E-state index is -0.729. The maximum atomic E-state index is 12.0. The number of halogens is 1. The van der Waals surface area contributed by atoms with Gasteiger partial charge < -0.3 is 32.3 Å². The zero-order valence-electron chi connectivity index (χ0n) is 14.9. The Labute approximate surface area is 159 Å². The first-order valence-corrected chi connectivity index (χ1v) is 7.93. The summed E-state index contributed by atoms with van der Waals surface area (Å²) in [5.41, 5.74) is 2.71. The molecule has 0 fully saturated rings. The van der Waals surface area contributed by atoms with E-state index < -0.39 is 12.0 Å². The Hall–Kier alpha value is -2.57. The van der Waals surface area contributed by atoms with Crippen molar-refractivity contribution >= 4 is 17.9 Å². The van der Waals surface area contributed by atoms with E-state index in [0.29, 0.717) is 5.56 Å². The van der Waals surface area contributed by atoms with Crippen molar-refractivity contribution in [2.75, 3.05) is 21.2 Å². The number of carbonyl (C=O) groups excluding carboxylic acids is 1. The molecule has 0 aromatic heterocycles. The zero-order valence-corrected chi connectivity index (χ0v) is 15.7. The predicted molar refractivity (Wildman–Crippen MR) is 95.8 cm³/mol. The number of aromatic hydroxyl groups is 2. The lowest BCUT2D eigenvalue weighted by atomic mass is 10.1. The van der Waals surface area contributed by atoms with Gasteiger partial charge in [0.2, 0.25) is 0 Å². The van der Waals surface area contributed by atoms with Gasteiger partial charge >= 0.3 is 5.97 Å². The van der Waals surface area contributed by atoms with Crippen LogP contribution < -0.4 is 17.3 Å². The van der Waals surface area contributed by atoms with Gasteiger partial charge in [0.1, 0.15) is 5.69 Å². The molecule has 0 aliphatic carbocycles. The SMILES string of the molecule is COC(=O)C(Cc1ccc(O)c(O)c1)N=Cc1ccc([NH+](C)C)cc1.[Cl-]. The molecule has 0 radical (unpaired) electrons. The van der Waals surface area contributed by atoms with Gasteiger partial charge in [-0.05, 0) is 47.5 Å². The Morgan fingerprint density at radius 3 is 2.35 bits per heavy atom. The molecule has 7 heteroatoms. The van der Waals surface area contributed by atoms with Gasteiger partial charge in [0.25, 0.3) is 0 Å². The highest BCUT2D eigenvalue weighted by atomic mass is 35.5. The molecule has 140 valence electrons. The molecular formula is C19H23ClN2O4. The number of quaternary nitrogens is 1. The van der Waals surface area contributed by atoms with Gasteiger partial charge in [-0.25, -0.2) is 4.79 Å². The van der Waals surface area contributed by atoms with Crippen LogP contribution in [0.5, 0.6) is 11.5 Å². The Morgan fingerprint density at radius 1 is 1.15 bits per heavy atom.